The Morgan fingerprint density at radius 3 is 2.20 bits per heavy atom. The lowest BCUT2D eigenvalue weighted by Crippen LogP contribution is -2.53. The number of carboxylic acid groups (broad SMARTS) is 1. The van der Waals surface area contributed by atoms with Crippen molar-refractivity contribution in [1.82, 2.24) is 0 Å². The van der Waals surface area contributed by atoms with Crippen LogP contribution in [0.15, 0.2) is 24.3 Å². The number of hydrogen-bond donors (Lipinski definition) is 1. The van der Waals surface area contributed by atoms with Gasteiger partial charge in [-0.25, -0.2) is 4.39 Å². The minimum atomic E-state index is -0.680. The number of halogens is 1. The predicted molar refractivity (Wildman–Crippen MR) is 98.1 cm³/mol. The molecular formula is C22H31FO2. The Morgan fingerprint density at radius 2 is 1.68 bits per heavy atom. The summed E-state index contributed by atoms with van der Waals surface area (Å²) in [4.78, 5) is 12.6. The van der Waals surface area contributed by atoms with Crippen LogP contribution < -0.4 is 0 Å². The fraction of sp³-hybridized carbons (Fsp3) is 0.682. The van der Waals surface area contributed by atoms with E-state index in [2.05, 4.69) is 6.92 Å². The molecule has 3 rings (SSSR count). The van der Waals surface area contributed by atoms with Gasteiger partial charge in [-0.05, 0) is 62.1 Å². The second kappa shape index (κ2) is 7.47. The molecule has 0 saturated heterocycles. The fourth-order valence-corrected chi connectivity index (χ4v) is 5.73. The van der Waals surface area contributed by atoms with Crippen molar-refractivity contribution in [3.8, 4) is 0 Å². The smallest absolute Gasteiger partial charge is 0.310 e. The van der Waals surface area contributed by atoms with Gasteiger partial charge in [0.1, 0.15) is 5.82 Å². The van der Waals surface area contributed by atoms with Gasteiger partial charge >= 0.3 is 5.97 Å². The molecule has 0 atom stereocenters. The average molecular weight is 346 g/mol. The van der Waals surface area contributed by atoms with Crippen LogP contribution in [0.2, 0.25) is 0 Å². The molecule has 1 aromatic carbocycles. The first-order valence-electron chi connectivity index (χ1n) is 10.0. The standard InChI is InChI=1S/C22H31FO2/c1-2-6-17-11-15-21(16-12-17,18-7-9-19(23)10-8-18)22(20(24)25)13-4-3-5-14-22/h7-10,17H,2-6,11-16H2,1H3,(H,24,25). The lowest BCUT2D eigenvalue weighted by atomic mass is 9.49. The van der Waals surface area contributed by atoms with Gasteiger partial charge < -0.3 is 5.11 Å². The molecule has 1 aromatic rings. The van der Waals surface area contributed by atoms with Gasteiger partial charge in [0.2, 0.25) is 0 Å². The molecule has 138 valence electrons. The van der Waals surface area contributed by atoms with E-state index in [0.29, 0.717) is 5.92 Å². The van der Waals surface area contributed by atoms with E-state index in [-0.39, 0.29) is 11.2 Å². The highest BCUT2D eigenvalue weighted by Gasteiger charge is 2.57. The molecule has 0 radical (unpaired) electrons. The molecule has 2 aliphatic rings. The van der Waals surface area contributed by atoms with E-state index in [0.717, 1.165) is 63.4 Å². The summed E-state index contributed by atoms with van der Waals surface area (Å²) >= 11 is 0. The molecule has 0 unspecified atom stereocenters. The van der Waals surface area contributed by atoms with Crippen molar-refractivity contribution < 1.29 is 14.3 Å². The highest BCUT2D eigenvalue weighted by molar-refractivity contribution is 5.77. The minimum absolute atomic E-state index is 0.244. The lowest BCUT2D eigenvalue weighted by molar-refractivity contribution is -0.159. The molecule has 25 heavy (non-hydrogen) atoms. The van der Waals surface area contributed by atoms with Gasteiger partial charge in [0.15, 0.2) is 0 Å². The number of carboxylic acids is 1. The van der Waals surface area contributed by atoms with E-state index in [1.807, 2.05) is 12.1 Å². The molecule has 2 nitrogen and oxygen atoms in total. The SMILES string of the molecule is CCCC1CCC(c2ccc(F)cc2)(C2(C(=O)O)CCCCC2)CC1. The Kier molecular flexibility index (Phi) is 5.50. The van der Waals surface area contributed by atoms with Gasteiger partial charge in [-0.15, -0.1) is 0 Å². The zero-order chi connectivity index (χ0) is 17.9. The molecule has 0 spiro atoms. The number of carbonyl (C=O) groups is 1. The van der Waals surface area contributed by atoms with Crippen LogP contribution in [0.4, 0.5) is 4.39 Å². The minimum Gasteiger partial charge on any atom is -0.481 e. The van der Waals surface area contributed by atoms with Gasteiger partial charge in [0.05, 0.1) is 5.41 Å². The van der Waals surface area contributed by atoms with Crippen LogP contribution in [0.5, 0.6) is 0 Å². The first-order valence-corrected chi connectivity index (χ1v) is 10.0. The third-order valence-electron chi connectivity index (χ3n) is 7.09. The van der Waals surface area contributed by atoms with Gasteiger partial charge in [-0.1, -0.05) is 51.2 Å². The first kappa shape index (κ1) is 18.4. The van der Waals surface area contributed by atoms with Gasteiger partial charge in [0, 0.05) is 5.41 Å². The number of rotatable bonds is 5. The Bertz CT molecular complexity index is 579. The summed E-state index contributed by atoms with van der Waals surface area (Å²) in [6, 6.07) is 6.73. The Labute approximate surface area is 150 Å². The zero-order valence-corrected chi connectivity index (χ0v) is 15.4. The molecule has 0 heterocycles. The van der Waals surface area contributed by atoms with E-state index in [1.54, 1.807) is 0 Å². The highest BCUT2D eigenvalue weighted by Crippen LogP contribution is 2.59. The molecule has 0 amide bonds. The molecule has 2 fully saturated rings. The maximum atomic E-state index is 13.5. The van der Waals surface area contributed by atoms with Crippen molar-refractivity contribution in [1.29, 1.82) is 0 Å². The average Bonchev–Trinajstić information content (AvgIpc) is 2.64. The van der Waals surface area contributed by atoms with E-state index in [9.17, 15) is 14.3 Å². The topological polar surface area (TPSA) is 37.3 Å². The van der Waals surface area contributed by atoms with E-state index in [1.165, 1.54) is 25.0 Å². The molecular weight excluding hydrogens is 315 g/mol. The summed E-state index contributed by atoms with van der Waals surface area (Å²) < 4.78 is 13.5. The maximum Gasteiger partial charge on any atom is 0.310 e. The molecule has 1 N–H and O–H groups in total. The molecule has 0 aliphatic heterocycles. The van der Waals surface area contributed by atoms with Gasteiger partial charge in [-0.3, -0.25) is 4.79 Å². The first-order chi connectivity index (χ1) is 12.0. The van der Waals surface area contributed by atoms with Crippen LogP contribution in [0.25, 0.3) is 0 Å². The largest absolute Gasteiger partial charge is 0.481 e. The maximum absolute atomic E-state index is 13.5. The monoisotopic (exact) mass is 346 g/mol. The molecule has 0 bridgehead atoms. The fourth-order valence-electron chi connectivity index (χ4n) is 5.73. The van der Waals surface area contributed by atoms with Crippen LogP contribution in [-0.2, 0) is 10.2 Å². The number of aliphatic carboxylic acids is 1. The van der Waals surface area contributed by atoms with E-state index >= 15 is 0 Å². The molecule has 3 heteroatoms. The van der Waals surface area contributed by atoms with Crippen molar-refractivity contribution >= 4 is 5.97 Å². The second-order valence-electron chi connectivity index (χ2n) is 8.27. The zero-order valence-electron chi connectivity index (χ0n) is 15.4. The van der Waals surface area contributed by atoms with E-state index < -0.39 is 11.4 Å². The third-order valence-corrected chi connectivity index (χ3v) is 7.09. The molecule has 2 saturated carbocycles. The lowest BCUT2D eigenvalue weighted by Gasteiger charge is -2.53. The van der Waals surface area contributed by atoms with Gasteiger partial charge in [-0.2, -0.15) is 0 Å². The Morgan fingerprint density at radius 1 is 1.08 bits per heavy atom. The van der Waals surface area contributed by atoms with Gasteiger partial charge in [0.25, 0.3) is 0 Å². The van der Waals surface area contributed by atoms with Crippen molar-refractivity contribution in [2.24, 2.45) is 11.3 Å². The summed E-state index contributed by atoms with van der Waals surface area (Å²) in [5, 5.41) is 10.3. The van der Waals surface area contributed by atoms with Crippen molar-refractivity contribution in [3.05, 3.63) is 35.6 Å². The summed E-state index contributed by atoms with van der Waals surface area (Å²) in [7, 11) is 0. The quantitative estimate of drug-likeness (QED) is 0.700. The molecule has 0 aromatic heterocycles. The van der Waals surface area contributed by atoms with Crippen molar-refractivity contribution in [2.75, 3.05) is 0 Å². The summed E-state index contributed by atoms with van der Waals surface area (Å²) in [5.74, 6) is -0.162. The van der Waals surface area contributed by atoms with Crippen LogP contribution in [0, 0.1) is 17.2 Å². The summed E-state index contributed by atoms with van der Waals surface area (Å²) in [6.45, 7) is 2.22. The van der Waals surface area contributed by atoms with Crippen LogP contribution in [0.1, 0.15) is 83.1 Å². The highest BCUT2D eigenvalue weighted by atomic mass is 19.1. The number of benzene rings is 1. The Hall–Kier alpha value is -1.38. The van der Waals surface area contributed by atoms with Crippen LogP contribution in [-0.4, -0.2) is 11.1 Å². The normalized spacial score (nSPS) is 29.3. The third kappa shape index (κ3) is 3.22. The van der Waals surface area contributed by atoms with Crippen molar-refractivity contribution in [3.63, 3.8) is 0 Å². The number of hydrogen-bond acceptors (Lipinski definition) is 1. The Balaban J connectivity index is 2.03. The predicted octanol–water partition coefficient (Wildman–Crippen LogP) is 6.09. The second-order valence-corrected chi connectivity index (χ2v) is 8.27. The van der Waals surface area contributed by atoms with E-state index in [4.69, 9.17) is 0 Å². The molecule has 2 aliphatic carbocycles. The summed E-state index contributed by atoms with van der Waals surface area (Å²) in [6.07, 6.45) is 11.1. The van der Waals surface area contributed by atoms with Crippen molar-refractivity contribution in [2.45, 2.75) is 83.0 Å². The van der Waals surface area contributed by atoms with Crippen LogP contribution in [0.3, 0.4) is 0 Å². The van der Waals surface area contributed by atoms with Crippen LogP contribution >= 0.6 is 0 Å². The summed E-state index contributed by atoms with van der Waals surface area (Å²) in [5.41, 5.74) is 0.0328.